The molecule has 0 saturated carbocycles. The summed E-state index contributed by atoms with van der Waals surface area (Å²) in [7, 11) is 0. The second-order valence-electron chi connectivity index (χ2n) is 5.81. The summed E-state index contributed by atoms with van der Waals surface area (Å²) in [5.41, 5.74) is 0.721. The van der Waals surface area contributed by atoms with Crippen molar-refractivity contribution in [2.24, 2.45) is 0 Å². The molecule has 5 nitrogen and oxygen atoms in total. The molecule has 0 aliphatic heterocycles. The molecule has 0 spiro atoms. The van der Waals surface area contributed by atoms with Gasteiger partial charge in [-0.05, 0) is 37.1 Å². The molecule has 0 bridgehead atoms. The molecule has 3 rings (SSSR count). The number of carbonyl (C=O) groups excluding carboxylic acids is 1. The van der Waals surface area contributed by atoms with Crippen molar-refractivity contribution in [1.29, 1.82) is 0 Å². The molecule has 1 amide bonds. The first-order chi connectivity index (χ1) is 12.0. The molecule has 0 radical (unpaired) electrons. The maximum absolute atomic E-state index is 12.5. The number of nitrogens with one attached hydrogen (secondary N) is 1. The molecule has 25 heavy (non-hydrogen) atoms. The Bertz CT molecular complexity index is 980. The number of aromatic nitrogens is 2. The van der Waals surface area contributed by atoms with Gasteiger partial charge in [-0.1, -0.05) is 30.7 Å². The zero-order chi connectivity index (χ0) is 18.0. The van der Waals surface area contributed by atoms with Crippen molar-refractivity contribution >= 4 is 39.1 Å². The van der Waals surface area contributed by atoms with Gasteiger partial charge in [0.1, 0.15) is 11.4 Å². The molecule has 0 aliphatic carbocycles. The minimum Gasteiger partial charge on any atom is -0.348 e. The lowest BCUT2D eigenvalue weighted by molar-refractivity contribution is -0.122. The van der Waals surface area contributed by atoms with Crippen molar-refractivity contribution in [3.63, 3.8) is 0 Å². The van der Waals surface area contributed by atoms with E-state index in [0.29, 0.717) is 15.2 Å². The normalized spacial score (nSPS) is 12.3. The third-order valence-electron chi connectivity index (χ3n) is 3.96. The second-order valence-corrected chi connectivity index (χ2v) is 7.36. The van der Waals surface area contributed by atoms with Crippen LogP contribution in [0.4, 0.5) is 0 Å². The van der Waals surface area contributed by atoms with E-state index < -0.39 is 0 Å². The molecule has 1 N–H and O–H groups in total. The van der Waals surface area contributed by atoms with Crippen LogP contribution in [0.5, 0.6) is 0 Å². The Kier molecular flexibility index (Phi) is 5.20. The van der Waals surface area contributed by atoms with Crippen LogP contribution in [-0.4, -0.2) is 15.5 Å². The van der Waals surface area contributed by atoms with Crippen LogP contribution in [0.15, 0.2) is 41.5 Å². The van der Waals surface area contributed by atoms with Gasteiger partial charge in [0, 0.05) is 9.90 Å². The average molecular weight is 376 g/mol. The van der Waals surface area contributed by atoms with Crippen LogP contribution in [0.2, 0.25) is 5.02 Å². The Balaban J connectivity index is 1.75. The average Bonchev–Trinajstić information content (AvgIpc) is 3.01. The van der Waals surface area contributed by atoms with E-state index in [1.54, 1.807) is 6.07 Å². The SMILES string of the molecule is CCc1cc2c(=O)n(CC(=O)NC(C)c3cccc(Cl)c3)cnc2s1. The van der Waals surface area contributed by atoms with Gasteiger partial charge in [-0.2, -0.15) is 0 Å². The lowest BCUT2D eigenvalue weighted by atomic mass is 10.1. The highest BCUT2D eigenvalue weighted by molar-refractivity contribution is 7.18. The van der Waals surface area contributed by atoms with Crippen LogP contribution in [0.25, 0.3) is 10.2 Å². The van der Waals surface area contributed by atoms with Gasteiger partial charge in [-0.25, -0.2) is 4.98 Å². The highest BCUT2D eigenvalue weighted by atomic mass is 35.5. The van der Waals surface area contributed by atoms with Gasteiger partial charge in [-0.3, -0.25) is 14.2 Å². The van der Waals surface area contributed by atoms with E-state index in [1.165, 1.54) is 22.2 Å². The van der Waals surface area contributed by atoms with Crippen LogP contribution in [-0.2, 0) is 17.8 Å². The van der Waals surface area contributed by atoms with Gasteiger partial charge in [0.05, 0.1) is 17.8 Å². The Hall–Kier alpha value is -2.18. The fraction of sp³-hybridized carbons (Fsp3) is 0.278. The molecule has 2 aromatic heterocycles. The van der Waals surface area contributed by atoms with Gasteiger partial charge < -0.3 is 5.32 Å². The number of fused-ring (bicyclic) bond motifs is 1. The first-order valence-electron chi connectivity index (χ1n) is 8.00. The highest BCUT2D eigenvalue weighted by Crippen LogP contribution is 2.21. The largest absolute Gasteiger partial charge is 0.348 e. The first-order valence-corrected chi connectivity index (χ1v) is 9.20. The summed E-state index contributed by atoms with van der Waals surface area (Å²) in [6.07, 6.45) is 2.29. The number of hydrogen-bond acceptors (Lipinski definition) is 4. The molecule has 0 aliphatic rings. The van der Waals surface area contributed by atoms with E-state index in [0.717, 1.165) is 16.9 Å². The molecule has 0 fully saturated rings. The number of amides is 1. The lowest BCUT2D eigenvalue weighted by Crippen LogP contribution is -2.33. The van der Waals surface area contributed by atoms with E-state index in [9.17, 15) is 9.59 Å². The van der Waals surface area contributed by atoms with Crippen LogP contribution < -0.4 is 10.9 Å². The molecule has 1 atom stereocenters. The zero-order valence-electron chi connectivity index (χ0n) is 14.0. The molecule has 3 aromatic rings. The maximum atomic E-state index is 12.5. The molecular weight excluding hydrogens is 358 g/mol. The molecule has 1 aromatic carbocycles. The van der Waals surface area contributed by atoms with Crippen LogP contribution in [0.1, 0.15) is 30.3 Å². The molecule has 2 heterocycles. The monoisotopic (exact) mass is 375 g/mol. The minimum absolute atomic E-state index is 0.0655. The third kappa shape index (κ3) is 3.91. The summed E-state index contributed by atoms with van der Waals surface area (Å²) in [5, 5.41) is 4.07. The third-order valence-corrected chi connectivity index (χ3v) is 5.38. The Morgan fingerprint density at radius 2 is 2.20 bits per heavy atom. The summed E-state index contributed by atoms with van der Waals surface area (Å²) < 4.78 is 1.34. The fourth-order valence-corrected chi connectivity index (χ4v) is 3.72. The van der Waals surface area contributed by atoms with Crippen molar-refractivity contribution in [1.82, 2.24) is 14.9 Å². The topological polar surface area (TPSA) is 64.0 Å². The van der Waals surface area contributed by atoms with Crippen LogP contribution in [0.3, 0.4) is 0 Å². The summed E-state index contributed by atoms with van der Waals surface area (Å²) in [4.78, 5) is 30.9. The summed E-state index contributed by atoms with van der Waals surface area (Å²) >= 11 is 7.49. The fourth-order valence-electron chi connectivity index (χ4n) is 2.60. The first kappa shape index (κ1) is 17.6. The van der Waals surface area contributed by atoms with Crippen molar-refractivity contribution < 1.29 is 4.79 Å². The number of aryl methyl sites for hydroxylation is 1. The maximum Gasteiger partial charge on any atom is 0.262 e. The lowest BCUT2D eigenvalue weighted by Gasteiger charge is -2.15. The number of benzene rings is 1. The van der Waals surface area contributed by atoms with E-state index in [-0.39, 0.29) is 24.1 Å². The quantitative estimate of drug-likeness (QED) is 0.741. The van der Waals surface area contributed by atoms with Crippen molar-refractivity contribution in [3.8, 4) is 0 Å². The Labute approximate surface area is 154 Å². The Morgan fingerprint density at radius 1 is 1.40 bits per heavy atom. The molecule has 0 saturated heterocycles. The van der Waals surface area contributed by atoms with Gasteiger partial charge in [0.25, 0.3) is 5.56 Å². The van der Waals surface area contributed by atoms with E-state index in [4.69, 9.17) is 11.6 Å². The smallest absolute Gasteiger partial charge is 0.262 e. The molecule has 130 valence electrons. The number of nitrogens with zero attached hydrogens (tertiary/aromatic N) is 2. The number of hydrogen-bond donors (Lipinski definition) is 1. The number of rotatable bonds is 5. The second kappa shape index (κ2) is 7.37. The van der Waals surface area contributed by atoms with E-state index in [1.807, 2.05) is 38.1 Å². The van der Waals surface area contributed by atoms with Gasteiger partial charge >= 0.3 is 0 Å². The van der Waals surface area contributed by atoms with E-state index >= 15 is 0 Å². The van der Waals surface area contributed by atoms with E-state index in [2.05, 4.69) is 10.3 Å². The standard InChI is InChI=1S/C18H18ClN3O2S/c1-3-14-8-15-17(25-14)20-10-22(18(15)24)9-16(23)21-11(2)12-5-4-6-13(19)7-12/h4-8,10-11H,3,9H2,1-2H3,(H,21,23). The summed E-state index contributed by atoms with van der Waals surface area (Å²) in [6, 6.07) is 8.98. The minimum atomic E-state index is -0.248. The molecular formula is C18H18ClN3O2S. The van der Waals surface area contributed by atoms with Crippen LogP contribution in [0, 0.1) is 0 Å². The molecule has 7 heteroatoms. The number of thiophene rings is 1. The zero-order valence-corrected chi connectivity index (χ0v) is 15.5. The van der Waals surface area contributed by atoms with Crippen molar-refractivity contribution in [3.05, 3.63) is 62.5 Å². The number of halogens is 1. The van der Waals surface area contributed by atoms with Gasteiger partial charge in [0.2, 0.25) is 5.91 Å². The molecule has 1 unspecified atom stereocenters. The summed E-state index contributed by atoms with van der Waals surface area (Å²) in [6.45, 7) is 3.85. The summed E-state index contributed by atoms with van der Waals surface area (Å²) in [5.74, 6) is -0.248. The van der Waals surface area contributed by atoms with Crippen LogP contribution >= 0.6 is 22.9 Å². The van der Waals surface area contributed by atoms with Gasteiger partial charge in [-0.15, -0.1) is 11.3 Å². The predicted octanol–water partition coefficient (Wildman–Crippen LogP) is 3.55. The van der Waals surface area contributed by atoms with Gasteiger partial charge in [0.15, 0.2) is 0 Å². The van der Waals surface area contributed by atoms with Crippen molar-refractivity contribution in [2.45, 2.75) is 32.9 Å². The number of carbonyl (C=O) groups is 1. The van der Waals surface area contributed by atoms with Crippen molar-refractivity contribution in [2.75, 3.05) is 0 Å². The highest BCUT2D eigenvalue weighted by Gasteiger charge is 2.13. The Morgan fingerprint density at radius 3 is 2.92 bits per heavy atom. The predicted molar refractivity (Wildman–Crippen MR) is 101 cm³/mol.